The number of nitrogens with zero attached hydrogens (tertiary/aromatic N) is 5. The lowest BCUT2D eigenvalue weighted by atomic mass is 10.1. The maximum Gasteiger partial charge on any atom is 0.277 e. The van der Waals surface area contributed by atoms with Gasteiger partial charge < -0.3 is 20.0 Å². The second kappa shape index (κ2) is 9.50. The summed E-state index contributed by atoms with van der Waals surface area (Å²) < 4.78 is 7.36. The zero-order valence-corrected chi connectivity index (χ0v) is 19.4. The molecule has 172 valence electrons. The smallest absolute Gasteiger partial charge is 0.277 e. The lowest BCUT2D eigenvalue weighted by Crippen LogP contribution is -2.30. The fourth-order valence-corrected chi connectivity index (χ4v) is 4.08. The van der Waals surface area contributed by atoms with E-state index < -0.39 is 0 Å². The first kappa shape index (κ1) is 22.6. The van der Waals surface area contributed by atoms with E-state index in [0.717, 1.165) is 53.8 Å². The molecule has 0 radical (unpaired) electrons. The normalized spacial score (nSPS) is 13.6. The molecule has 1 aromatic carbocycles. The summed E-state index contributed by atoms with van der Waals surface area (Å²) in [5.41, 5.74) is 3.62. The lowest BCUT2D eigenvalue weighted by Gasteiger charge is -2.30. The highest BCUT2D eigenvalue weighted by Gasteiger charge is 2.20. The molecule has 0 bridgehead atoms. The van der Waals surface area contributed by atoms with Gasteiger partial charge in [0.15, 0.2) is 5.69 Å². The summed E-state index contributed by atoms with van der Waals surface area (Å²) in [5.74, 6) is 0.750. The summed E-state index contributed by atoms with van der Waals surface area (Å²) in [5, 5.41) is 11.5. The van der Waals surface area contributed by atoms with Crippen molar-refractivity contribution in [2.24, 2.45) is 7.05 Å². The molecule has 0 aliphatic carbocycles. The molecule has 1 aliphatic heterocycles. The number of piperidine rings is 1. The van der Waals surface area contributed by atoms with Gasteiger partial charge in [-0.15, -0.1) is 12.4 Å². The quantitative estimate of drug-likeness (QED) is 0.450. The van der Waals surface area contributed by atoms with Crippen molar-refractivity contribution in [1.82, 2.24) is 19.7 Å². The van der Waals surface area contributed by atoms with E-state index in [2.05, 4.69) is 36.7 Å². The first-order chi connectivity index (χ1) is 15.6. The molecular weight excluding hydrogens is 442 g/mol. The fourth-order valence-electron chi connectivity index (χ4n) is 4.08. The van der Waals surface area contributed by atoms with Gasteiger partial charge in [-0.3, -0.25) is 9.48 Å². The van der Waals surface area contributed by atoms with Crippen LogP contribution in [0.15, 0.2) is 47.3 Å². The Bertz CT molecular complexity index is 1280. The second-order valence-electron chi connectivity index (χ2n) is 7.95. The summed E-state index contributed by atoms with van der Waals surface area (Å²) in [4.78, 5) is 24.0. The minimum atomic E-state index is -0.315. The Morgan fingerprint density at radius 3 is 2.76 bits per heavy atom. The van der Waals surface area contributed by atoms with E-state index in [1.54, 1.807) is 24.0 Å². The maximum absolute atomic E-state index is 13.1. The molecule has 1 amide bonds. The van der Waals surface area contributed by atoms with E-state index in [0.29, 0.717) is 11.7 Å². The number of hydrogen-bond acceptors (Lipinski definition) is 7. The van der Waals surface area contributed by atoms with Crippen LogP contribution in [0, 0.1) is 0 Å². The number of oxazole rings is 1. The van der Waals surface area contributed by atoms with Gasteiger partial charge in [0.1, 0.15) is 12.1 Å². The summed E-state index contributed by atoms with van der Waals surface area (Å²) in [6.07, 6.45) is 8.51. The molecule has 3 aromatic heterocycles. The third kappa shape index (κ3) is 4.63. The van der Waals surface area contributed by atoms with Crippen molar-refractivity contribution in [1.29, 1.82) is 0 Å². The molecule has 2 N–H and O–H groups in total. The number of pyridine rings is 1. The average Bonchev–Trinajstić information content (AvgIpc) is 3.45. The Kier molecular flexibility index (Phi) is 6.50. The largest absolute Gasteiger partial charge is 0.444 e. The molecule has 1 aliphatic rings. The number of hydrogen-bond donors (Lipinski definition) is 2. The predicted molar refractivity (Wildman–Crippen MR) is 131 cm³/mol. The highest BCUT2D eigenvalue weighted by Crippen LogP contribution is 2.33. The van der Waals surface area contributed by atoms with Crippen molar-refractivity contribution >= 4 is 46.4 Å². The van der Waals surface area contributed by atoms with Crippen molar-refractivity contribution in [2.45, 2.75) is 19.3 Å². The summed E-state index contributed by atoms with van der Waals surface area (Å²) in [6, 6.07) is 7.64. The van der Waals surface area contributed by atoms with Crippen LogP contribution in [0.1, 0.15) is 29.8 Å². The van der Waals surface area contributed by atoms with Gasteiger partial charge >= 0.3 is 0 Å². The number of aromatic nitrogens is 4. The number of nitrogens with one attached hydrogen (secondary N) is 2. The lowest BCUT2D eigenvalue weighted by molar-refractivity contribution is 0.102. The van der Waals surface area contributed by atoms with Gasteiger partial charge in [-0.1, -0.05) is 0 Å². The van der Waals surface area contributed by atoms with Gasteiger partial charge in [-0.2, -0.15) is 5.10 Å². The number of halogens is 1. The number of carbonyl (C=O) groups is 1. The van der Waals surface area contributed by atoms with E-state index in [1.165, 1.54) is 12.7 Å². The van der Waals surface area contributed by atoms with Crippen LogP contribution >= 0.6 is 12.4 Å². The number of rotatable bonds is 5. The third-order valence-corrected chi connectivity index (χ3v) is 5.68. The number of carbonyl (C=O) groups excluding carboxylic acids is 1. The van der Waals surface area contributed by atoms with Crippen LogP contribution < -0.4 is 15.5 Å². The first-order valence-electron chi connectivity index (χ1n) is 10.7. The van der Waals surface area contributed by atoms with Gasteiger partial charge in [-0.05, 0) is 43.5 Å². The topological polar surface area (TPSA) is 101 Å². The average molecular weight is 468 g/mol. The van der Waals surface area contributed by atoms with Crippen molar-refractivity contribution in [3.8, 4) is 11.5 Å². The van der Waals surface area contributed by atoms with E-state index in [-0.39, 0.29) is 24.0 Å². The molecule has 0 saturated carbocycles. The first-order valence-corrected chi connectivity index (χ1v) is 10.7. The molecule has 4 aromatic rings. The Hall–Kier alpha value is -3.59. The van der Waals surface area contributed by atoms with Gasteiger partial charge in [0.2, 0.25) is 5.89 Å². The van der Waals surface area contributed by atoms with Gasteiger partial charge in [0, 0.05) is 50.5 Å². The zero-order chi connectivity index (χ0) is 22.1. The molecule has 1 fully saturated rings. The van der Waals surface area contributed by atoms with E-state index in [9.17, 15) is 4.79 Å². The van der Waals surface area contributed by atoms with E-state index >= 15 is 0 Å². The van der Waals surface area contributed by atoms with Crippen LogP contribution in [-0.2, 0) is 7.05 Å². The SMILES string of the molecule is CNc1cc(-c2nc(C(=O)Nc3cc4cn(C)nc4cc3N3CCCCC3)co2)ccn1.Cl. The van der Waals surface area contributed by atoms with Crippen LogP contribution in [-0.4, -0.2) is 45.8 Å². The van der Waals surface area contributed by atoms with Gasteiger partial charge in [-0.25, -0.2) is 9.97 Å². The molecule has 0 atom stereocenters. The molecule has 0 spiro atoms. The molecule has 4 heterocycles. The summed E-state index contributed by atoms with van der Waals surface area (Å²) in [6.45, 7) is 1.93. The molecule has 0 unspecified atom stereocenters. The van der Waals surface area contributed by atoms with Crippen molar-refractivity contribution in [2.75, 3.05) is 35.7 Å². The second-order valence-corrected chi connectivity index (χ2v) is 7.95. The highest BCUT2D eigenvalue weighted by molar-refractivity contribution is 6.06. The minimum Gasteiger partial charge on any atom is -0.444 e. The summed E-state index contributed by atoms with van der Waals surface area (Å²) >= 11 is 0. The Balaban J connectivity index is 0.00000259. The molecular formula is C23H26ClN7O2. The third-order valence-electron chi connectivity index (χ3n) is 5.68. The van der Waals surface area contributed by atoms with Crippen LogP contribution in [0.4, 0.5) is 17.2 Å². The maximum atomic E-state index is 13.1. The van der Waals surface area contributed by atoms with Crippen LogP contribution in [0.5, 0.6) is 0 Å². The highest BCUT2D eigenvalue weighted by atomic mass is 35.5. The van der Waals surface area contributed by atoms with Crippen LogP contribution in [0.2, 0.25) is 0 Å². The minimum absolute atomic E-state index is 0. The van der Waals surface area contributed by atoms with E-state index in [1.807, 2.05) is 25.4 Å². The van der Waals surface area contributed by atoms with Crippen molar-refractivity contribution in [3.63, 3.8) is 0 Å². The zero-order valence-electron chi connectivity index (χ0n) is 18.5. The molecule has 33 heavy (non-hydrogen) atoms. The van der Waals surface area contributed by atoms with Crippen LogP contribution in [0.3, 0.4) is 0 Å². The number of fused-ring (bicyclic) bond motifs is 1. The summed E-state index contributed by atoms with van der Waals surface area (Å²) in [7, 11) is 3.69. The van der Waals surface area contributed by atoms with Gasteiger partial charge in [0.25, 0.3) is 5.91 Å². The van der Waals surface area contributed by atoms with Gasteiger partial charge in [0.05, 0.1) is 16.9 Å². The monoisotopic (exact) mass is 467 g/mol. The molecule has 1 saturated heterocycles. The fraction of sp³-hybridized carbons (Fsp3) is 0.304. The molecule has 5 rings (SSSR count). The standard InChI is InChI=1S/C23H25N7O2.ClH/c1-24-21-11-15(6-7-25-21)23-27-19(14-32-23)22(31)26-18-10-16-13-29(2)28-17(16)12-20(18)30-8-4-3-5-9-30;/h6-7,10-14H,3-5,8-9H2,1-2H3,(H,24,25)(H,26,31);1H. The predicted octanol–water partition coefficient (Wildman–Crippen LogP) is 4.33. The number of aryl methyl sites for hydroxylation is 1. The number of anilines is 3. The number of benzene rings is 1. The molecule has 10 heteroatoms. The van der Waals surface area contributed by atoms with Crippen molar-refractivity contribution < 1.29 is 9.21 Å². The number of amides is 1. The van der Waals surface area contributed by atoms with Crippen LogP contribution in [0.25, 0.3) is 22.4 Å². The molecule has 9 nitrogen and oxygen atoms in total. The van der Waals surface area contributed by atoms with E-state index in [4.69, 9.17) is 4.42 Å². The Morgan fingerprint density at radius 2 is 1.97 bits per heavy atom. The Morgan fingerprint density at radius 1 is 1.15 bits per heavy atom. The van der Waals surface area contributed by atoms with Crippen molar-refractivity contribution in [3.05, 3.63) is 48.6 Å². The Labute approximate surface area is 197 Å².